The molecule has 1 aromatic carbocycles. The lowest BCUT2D eigenvalue weighted by atomic mass is 9.79. The molecular formula is C16H22BrNO2. The summed E-state index contributed by atoms with van der Waals surface area (Å²) < 4.78 is 13.3. The summed E-state index contributed by atoms with van der Waals surface area (Å²) in [6, 6.07) is 6.18. The van der Waals surface area contributed by atoms with Crippen LogP contribution in [0.15, 0.2) is 22.7 Å². The minimum absolute atomic E-state index is 0.0524. The summed E-state index contributed by atoms with van der Waals surface area (Å²) in [4.78, 5) is 0. The maximum absolute atomic E-state index is 6.40. The largest absolute Gasteiger partial charge is 0.487 e. The second-order valence-corrected chi connectivity index (χ2v) is 6.93. The summed E-state index contributed by atoms with van der Waals surface area (Å²) in [6.07, 6.45) is 5.36. The first-order chi connectivity index (χ1) is 9.62. The van der Waals surface area contributed by atoms with Gasteiger partial charge >= 0.3 is 0 Å². The molecule has 1 saturated heterocycles. The van der Waals surface area contributed by atoms with E-state index in [1.54, 1.807) is 0 Å². The summed E-state index contributed by atoms with van der Waals surface area (Å²) >= 11 is 3.50. The highest BCUT2D eigenvalue weighted by atomic mass is 79.9. The lowest BCUT2D eigenvalue weighted by Crippen LogP contribution is -2.49. The molecule has 2 N–H and O–H groups in total. The molecule has 0 saturated carbocycles. The highest BCUT2D eigenvalue weighted by Gasteiger charge is 2.43. The Morgan fingerprint density at radius 2 is 2.25 bits per heavy atom. The minimum Gasteiger partial charge on any atom is -0.487 e. The number of nitrogens with two attached hydrogens (primary N) is 1. The second-order valence-electron chi connectivity index (χ2n) is 6.01. The maximum atomic E-state index is 6.40. The lowest BCUT2D eigenvalue weighted by molar-refractivity contribution is -0.103. The van der Waals surface area contributed by atoms with Gasteiger partial charge in [-0.1, -0.05) is 29.3 Å². The Hall–Kier alpha value is -0.580. The van der Waals surface area contributed by atoms with E-state index in [4.69, 9.17) is 15.2 Å². The first-order valence-electron chi connectivity index (χ1n) is 7.47. The summed E-state index contributed by atoms with van der Waals surface area (Å²) in [5.74, 6) is 0.948. The molecule has 0 amide bonds. The number of halogens is 1. The van der Waals surface area contributed by atoms with Crippen molar-refractivity contribution in [3.8, 4) is 5.75 Å². The van der Waals surface area contributed by atoms with Gasteiger partial charge in [-0.25, -0.2) is 0 Å². The maximum Gasteiger partial charge on any atom is 0.124 e. The monoisotopic (exact) mass is 339 g/mol. The molecule has 4 heteroatoms. The predicted molar refractivity (Wildman–Crippen MR) is 82.9 cm³/mol. The Morgan fingerprint density at radius 1 is 1.40 bits per heavy atom. The van der Waals surface area contributed by atoms with Gasteiger partial charge in [0, 0.05) is 35.3 Å². The SMILES string of the molecule is CCCC1CC2(CCO1)CC(N)c1cc(Br)ccc1O2. The second kappa shape index (κ2) is 5.66. The van der Waals surface area contributed by atoms with E-state index in [1.165, 1.54) is 0 Å². The number of hydrogen-bond donors (Lipinski definition) is 1. The van der Waals surface area contributed by atoms with Gasteiger partial charge in [0.2, 0.25) is 0 Å². The average Bonchev–Trinajstić information content (AvgIpc) is 2.40. The number of rotatable bonds is 2. The Balaban J connectivity index is 1.84. The quantitative estimate of drug-likeness (QED) is 0.887. The van der Waals surface area contributed by atoms with Crippen LogP contribution < -0.4 is 10.5 Å². The van der Waals surface area contributed by atoms with Gasteiger partial charge in [0.25, 0.3) is 0 Å². The summed E-state index contributed by atoms with van der Waals surface area (Å²) in [7, 11) is 0. The fraction of sp³-hybridized carbons (Fsp3) is 0.625. The van der Waals surface area contributed by atoms with Crippen LogP contribution in [0.4, 0.5) is 0 Å². The zero-order chi connectivity index (χ0) is 14.2. The Labute approximate surface area is 129 Å². The molecule has 0 bridgehead atoms. The zero-order valence-electron chi connectivity index (χ0n) is 11.9. The van der Waals surface area contributed by atoms with Crippen molar-refractivity contribution in [3.05, 3.63) is 28.2 Å². The van der Waals surface area contributed by atoms with Crippen LogP contribution in [0.2, 0.25) is 0 Å². The van der Waals surface area contributed by atoms with Crippen LogP contribution in [0.1, 0.15) is 50.6 Å². The van der Waals surface area contributed by atoms with E-state index < -0.39 is 0 Å². The molecule has 0 radical (unpaired) electrons. The summed E-state index contributed by atoms with van der Waals surface area (Å²) in [5.41, 5.74) is 7.39. The van der Waals surface area contributed by atoms with Crippen LogP contribution >= 0.6 is 15.9 Å². The topological polar surface area (TPSA) is 44.5 Å². The Bertz CT molecular complexity index is 491. The fourth-order valence-electron chi connectivity index (χ4n) is 3.46. The Kier molecular flexibility index (Phi) is 4.07. The van der Waals surface area contributed by atoms with Crippen LogP contribution in [0.3, 0.4) is 0 Å². The van der Waals surface area contributed by atoms with Crippen LogP contribution in [0, 0.1) is 0 Å². The molecule has 0 aliphatic carbocycles. The van der Waals surface area contributed by atoms with E-state index in [1.807, 2.05) is 12.1 Å². The molecule has 3 nitrogen and oxygen atoms in total. The molecule has 3 rings (SSSR count). The summed E-state index contributed by atoms with van der Waals surface area (Å²) in [5, 5.41) is 0. The van der Waals surface area contributed by atoms with Gasteiger partial charge in [-0.05, 0) is 24.6 Å². The highest BCUT2D eigenvalue weighted by molar-refractivity contribution is 9.10. The minimum atomic E-state index is -0.127. The van der Waals surface area contributed by atoms with Gasteiger partial charge in [0.15, 0.2) is 0 Å². The van der Waals surface area contributed by atoms with E-state index in [0.29, 0.717) is 6.10 Å². The van der Waals surface area contributed by atoms with Crippen molar-refractivity contribution >= 4 is 15.9 Å². The highest BCUT2D eigenvalue weighted by Crippen LogP contribution is 2.45. The third-order valence-electron chi connectivity index (χ3n) is 4.41. The van der Waals surface area contributed by atoms with Crippen molar-refractivity contribution in [3.63, 3.8) is 0 Å². The van der Waals surface area contributed by atoms with Crippen LogP contribution in [0.25, 0.3) is 0 Å². The zero-order valence-corrected chi connectivity index (χ0v) is 13.5. The molecule has 2 aliphatic heterocycles. The first kappa shape index (κ1) is 14.4. The van der Waals surface area contributed by atoms with Crippen molar-refractivity contribution in [2.75, 3.05) is 6.61 Å². The number of fused-ring (bicyclic) bond motifs is 1. The van der Waals surface area contributed by atoms with E-state index in [0.717, 1.165) is 54.5 Å². The molecule has 3 atom stereocenters. The Morgan fingerprint density at radius 3 is 3.05 bits per heavy atom. The average molecular weight is 340 g/mol. The molecule has 1 fully saturated rings. The molecule has 2 heterocycles. The molecule has 20 heavy (non-hydrogen) atoms. The summed E-state index contributed by atoms with van der Waals surface area (Å²) in [6.45, 7) is 2.98. The van der Waals surface area contributed by atoms with Gasteiger partial charge in [0.05, 0.1) is 12.7 Å². The van der Waals surface area contributed by atoms with Crippen molar-refractivity contribution < 1.29 is 9.47 Å². The van der Waals surface area contributed by atoms with E-state index in [2.05, 4.69) is 28.9 Å². The van der Waals surface area contributed by atoms with Crippen molar-refractivity contribution in [2.24, 2.45) is 5.73 Å². The molecular weight excluding hydrogens is 318 g/mol. The standard InChI is InChI=1S/C16H22BrNO2/c1-2-3-12-9-16(6-7-19-12)10-14(18)13-8-11(17)4-5-15(13)20-16/h4-5,8,12,14H,2-3,6-7,9-10,18H2,1H3. The number of hydrogen-bond acceptors (Lipinski definition) is 3. The van der Waals surface area contributed by atoms with E-state index >= 15 is 0 Å². The fourth-order valence-corrected chi connectivity index (χ4v) is 3.84. The third kappa shape index (κ3) is 2.74. The van der Waals surface area contributed by atoms with Gasteiger partial charge in [-0.2, -0.15) is 0 Å². The number of benzene rings is 1. The van der Waals surface area contributed by atoms with Gasteiger partial charge in [-0.3, -0.25) is 0 Å². The molecule has 0 aromatic heterocycles. The van der Waals surface area contributed by atoms with Crippen molar-refractivity contribution in [2.45, 2.75) is 56.8 Å². The molecule has 110 valence electrons. The van der Waals surface area contributed by atoms with Gasteiger partial charge in [-0.15, -0.1) is 0 Å². The van der Waals surface area contributed by atoms with Gasteiger partial charge < -0.3 is 15.2 Å². The van der Waals surface area contributed by atoms with Crippen LogP contribution in [-0.4, -0.2) is 18.3 Å². The third-order valence-corrected chi connectivity index (χ3v) is 4.90. The number of ether oxygens (including phenoxy) is 2. The van der Waals surface area contributed by atoms with Crippen LogP contribution in [-0.2, 0) is 4.74 Å². The first-order valence-corrected chi connectivity index (χ1v) is 8.27. The molecule has 3 unspecified atom stereocenters. The predicted octanol–water partition coefficient (Wildman–Crippen LogP) is 3.95. The van der Waals surface area contributed by atoms with Crippen LogP contribution in [0.5, 0.6) is 5.75 Å². The smallest absolute Gasteiger partial charge is 0.124 e. The molecule has 1 aromatic rings. The normalized spacial score (nSPS) is 32.8. The lowest BCUT2D eigenvalue weighted by Gasteiger charge is -2.46. The van der Waals surface area contributed by atoms with Crippen molar-refractivity contribution in [1.29, 1.82) is 0 Å². The van der Waals surface area contributed by atoms with E-state index in [-0.39, 0.29) is 11.6 Å². The molecule has 1 spiro atoms. The van der Waals surface area contributed by atoms with Gasteiger partial charge in [0.1, 0.15) is 11.4 Å². The molecule has 2 aliphatic rings. The van der Waals surface area contributed by atoms with E-state index in [9.17, 15) is 0 Å². The van der Waals surface area contributed by atoms with Crippen molar-refractivity contribution in [1.82, 2.24) is 0 Å².